The second kappa shape index (κ2) is 15.8. The van der Waals surface area contributed by atoms with Crippen molar-refractivity contribution in [2.24, 2.45) is 0 Å². The molecule has 3 heterocycles. The van der Waals surface area contributed by atoms with E-state index in [1.165, 1.54) is 64.3 Å². The predicted octanol–water partition coefficient (Wildman–Crippen LogP) is 15.1. The molecule has 0 radical (unpaired) electrons. The fourth-order valence-electron chi connectivity index (χ4n) is 10.3. The Balaban J connectivity index is 1.23. The summed E-state index contributed by atoms with van der Waals surface area (Å²) >= 11 is 1.88. The number of fused-ring (bicyclic) bond motifs is 11. The van der Waals surface area contributed by atoms with Crippen LogP contribution in [0.2, 0.25) is 39.3 Å². The summed E-state index contributed by atoms with van der Waals surface area (Å²) in [5.74, 6) is 1.78. The number of aryl methyl sites for hydroxylation is 2. The number of benzene rings is 7. The van der Waals surface area contributed by atoms with Gasteiger partial charge in [0.2, 0.25) is 0 Å². The molecule has 2 aromatic heterocycles. The first-order valence-corrected chi connectivity index (χ1v) is 30.9. The zero-order valence-corrected chi connectivity index (χ0v) is 41.8. The highest BCUT2D eigenvalue weighted by Crippen LogP contribution is 2.65. The zero-order valence-electron chi connectivity index (χ0n) is 39.0. The van der Waals surface area contributed by atoms with Crippen LogP contribution < -0.4 is 20.2 Å². The van der Waals surface area contributed by atoms with Gasteiger partial charge in [-0.3, -0.25) is 9.80 Å². The lowest BCUT2D eigenvalue weighted by Gasteiger charge is -2.40. The average Bonchev–Trinajstić information content (AvgIpc) is 3.60. The van der Waals surface area contributed by atoms with Crippen LogP contribution >= 0.6 is 11.8 Å². The van der Waals surface area contributed by atoms with Gasteiger partial charge in [0.15, 0.2) is 0 Å². The molecule has 1 aliphatic carbocycles. The zero-order chi connectivity index (χ0) is 45.5. The number of hydrogen-bond acceptors (Lipinski definition) is 5. The van der Waals surface area contributed by atoms with Crippen molar-refractivity contribution in [3.05, 3.63) is 216 Å². The molecule has 0 bridgehead atoms. The molecule has 2 aliphatic rings. The van der Waals surface area contributed by atoms with Gasteiger partial charge in [0, 0.05) is 44.6 Å². The first-order chi connectivity index (χ1) is 31.8. The van der Waals surface area contributed by atoms with Crippen molar-refractivity contribution >= 4 is 83.4 Å². The minimum Gasteiger partial charge on any atom is -0.295 e. The normalized spacial score (nSPS) is 13.5. The lowest BCUT2D eigenvalue weighted by atomic mass is 9.67. The molecule has 0 saturated heterocycles. The molecule has 7 heteroatoms. The van der Waals surface area contributed by atoms with Crippen LogP contribution in [0.5, 0.6) is 0 Å². The van der Waals surface area contributed by atoms with Crippen LogP contribution in [0, 0.1) is 13.8 Å². The van der Waals surface area contributed by atoms with Crippen molar-refractivity contribution in [2.75, 3.05) is 9.80 Å². The van der Waals surface area contributed by atoms with E-state index in [4.69, 9.17) is 9.97 Å². The molecule has 0 N–H and O–H groups in total. The molecule has 9 aromatic rings. The Labute approximate surface area is 396 Å². The highest BCUT2D eigenvalue weighted by molar-refractivity contribution is 7.99. The van der Waals surface area contributed by atoms with E-state index in [0.717, 1.165) is 45.5 Å². The van der Waals surface area contributed by atoms with E-state index in [1.807, 2.05) is 24.2 Å². The van der Waals surface area contributed by atoms with E-state index in [2.05, 4.69) is 233 Å². The van der Waals surface area contributed by atoms with Crippen molar-refractivity contribution < 1.29 is 0 Å². The van der Waals surface area contributed by atoms with Crippen LogP contribution in [0.1, 0.15) is 33.4 Å². The van der Waals surface area contributed by atoms with Crippen LogP contribution in [0.25, 0.3) is 21.9 Å². The fourth-order valence-corrected chi connectivity index (χ4v) is 13.8. The van der Waals surface area contributed by atoms with Crippen LogP contribution in [-0.2, 0) is 5.41 Å². The first-order valence-electron chi connectivity index (χ1n) is 23.1. The van der Waals surface area contributed by atoms with Crippen molar-refractivity contribution in [3.63, 3.8) is 0 Å². The lowest BCUT2D eigenvalue weighted by Crippen LogP contribution is -2.37. The van der Waals surface area contributed by atoms with E-state index in [-0.39, 0.29) is 0 Å². The van der Waals surface area contributed by atoms with Gasteiger partial charge < -0.3 is 0 Å². The molecule has 7 aromatic carbocycles. The summed E-state index contributed by atoms with van der Waals surface area (Å²) in [4.78, 5) is 17.5. The minimum atomic E-state index is -1.56. The van der Waals surface area contributed by atoms with E-state index in [0.29, 0.717) is 0 Å². The van der Waals surface area contributed by atoms with Crippen LogP contribution in [0.15, 0.2) is 192 Å². The molecule has 324 valence electrons. The average molecular weight is 907 g/mol. The molecule has 1 spiro atoms. The number of pyridine rings is 2. The molecular formula is C59H54N4SSi2. The van der Waals surface area contributed by atoms with Gasteiger partial charge in [-0.2, -0.15) is 0 Å². The summed E-state index contributed by atoms with van der Waals surface area (Å²) in [6, 6.07) is 64.2. The Bertz CT molecular complexity index is 3270. The van der Waals surface area contributed by atoms with Gasteiger partial charge in [-0.25, -0.2) is 9.97 Å². The number of anilines is 6. The molecule has 0 fully saturated rings. The summed E-state index contributed by atoms with van der Waals surface area (Å²) in [5, 5.41) is 5.27. The third-order valence-electron chi connectivity index (χ3n) is 13.6. The molecule has 0 saturated carbocycles. The van der Waals surface area contributed by atoms with Gasteiger partial charge in [0.05, 0.1) is 27.3 Å². The van der Waals surface area contributed by atoms with Crippen LogP contribution in [-0.4, -0.2) is 26.1 Å². The lowest BCUT2D eigenvalue weighted by molar-refractivity contribution is 0.723. The molecular weight excluding hydrogens is 853 g/mol. The summed E-state index contributed by atoms with van der Waals surface area (Å²) in [6.45, 7) is 18.7. The summed E-state index contributed by atoms with van der Waals surface area (Å²) in [5.41, 5.74) is 13.6. The number of rotatable bonds is 8. The Morgan fingerprint density at radius 2 is 0.924 bits per heavy atom. The largest absolute Gasteiger partial charge is 0.295 e. The number of nitrogens with zero attached hydrogens (tertiary/aromatic N) is 4. The van der Waals surface area contributed by atoms with Gasteiger partial charge in [-0.1, -0.05) is 165 Å². The summed E-state index contributed by atoms with van der Waals surface area (Å²) < 4.78 is 0. The van der Waals surface area contributed by atoms with E-state index < -0.39 is 21.6 Å². The van der Waals surface area contributed by atoms with Crippen molar-refractivity contribution in [1.82, 2.24) is 9.97 Å². The predicted molar refractivity (Wildman–Crippen MR) is 286 cm³/mol. The van der Waals surface area contributed by atoms with E-state index >= 15 is 0 Å². The number of aromatic nitrogens is 2. The van der Waals surface area contributed by atoms with Gasteiger partial charge in [-0.05, 0) is 130 Å². The second-order valence-corrected chi connectivity index (χ2v) is 31.3. The van der Waals surface area contributed by atoms with Gasteiger partial charge in [0.1, 0.15) is 11.6 Å². The summed E-state index contributed by atoms with van der Waals surface area (Å²) in [6.07, 6.45) is 3.97. The topological polar surface area (TPSA) is 32.3 Å². The molecule has 1 aliphatic heterocycles. The fraction of sp³-hybridized carbons (Fsp3) is 0.153. The first kappa shape index (κ1) is 42.1. The smallest absolute Gasteiger partial charge is 0.137 e. The minimum absolute atomic E-state index is 0.653. The quantitative estimate of drug-likeness (QED) is 0.142. The maximum Gasteiger partial charge on any atom is 0.137 e. The van der Waals surface area contributed by atoms with E-state index in [9.17, 15) is 0 Å². The van der Waals surface area contributed by atoms with Crippen molar-refractivity contribution in [3.8, 4) is 11.1 Å². The monoisotopic (exact) mass is 906 g/mol. The maximum absolute atomic E-state index is 5.15. The molecule has 11 rings (SSSR count). The third kappa shape index (κ3) is 6.86. The SMILES string of the molecule is Cc1ccc(N(c2ccc([Si](C)(C)C)cc2)c2ccc3c(c2)C2(c4ccccc4Sc4ccccc42)c2cc(N(c4ccc([Si](C)(C)C)cc4)c4ccc(C)cn4)c4ccccc4c2-3)nc1. The second-order valence-electron chi connectivity index (χ2n) is 20.1. The van der Waals surface area contributed by atoms with Crippen molar-refractivity contribution in [2.45, 2.75) is 68.3 Å². The Hall–Kier alpha value is -6.52. The number of hydrogen-bond donors (Lipinski definition) is 0. The molecule has 4 nitrogen and oxygen atoms in total. The van der Waals surface area contributed by atoms with E-state index in [1.54, 1.807) is 0 Å². The molecule has 0 amide bonds. The molecule has 0 atom stereocenters. The molecule has 0 unspecified atom stereocenters. The van der Waals surface area contributed by atoms with Crippen molar-refractivity contribution in [1.29, 1.82) is 0 Å². The highest BCUT2D eigenvalue weighted by Gasteiger charge is 2.51. The third-order valence-corrected chi connectivity index (χ3v) is 18.9. The Kier molecular flexibility index (Phi) is 10.1. The Morgan fingerprint density at radius 3 is 1.45 bits per heavy atom. The van der Waals surface area contributed by atoms with Gasteiger partial charge in [-0.15, -0.1) is 0 Å². The molecule has 66 heavy (non-hydrogen) atoms. The van der Waals surface area contributed by atoms with Gasteiger partial charge in [0.25, 0.3) is 0 Å². The Morgan fingerprint density at radius 1 is 0.439 bits per heavy atom. The standard InChI is InChI=1S/C59H54N4SSi2/c1-39-21-33-56(60-37-39)62(41-23-28-44(29-24-41)65(3,4)5)43-27-32-48-51(35-43)59(49-17-11-13-19-54(49)64-55-20-14-12-18-50(55)59)52-36-53(46-15-9-10-16-47(46)58(48)52)63(57-34-22-40(2)38-61-57)42-25-30-45(31-26-42)66(6,7)8/h9-38H,1-8H3. The maximum atomic E-state index is 5.15. The van der Waals surface area contributed by atoms with Gasteiger partial charge >= 0.3 is 0 Å². The highest BCUT2D eigenvalue weighted by atomic mass is 32.2. The van der Waals surface area contributed by atoms with Crippen LogP contribution in [0.3, 0.4) is 0 Å². The summed E-state index contributed by atoms with van der Waals surface area (Å²) in [7, 11) is -3.09. The van der Waals surface area contributed by atoms with Crippen LogP contribution in [0.4, 0.5) is 34.4 Å².